The van der Waals surface area contributed by atoms with E-state index in [-0.39, 0.29) is 35.2 Å². The molecule has 1 aliphatic heterocycles. The normalized spacial score (nSPS) is 17.6. The number of aryl methyl sites for hydroxylation is 1. The molecule has 30 heavy (non-hydrogen) atoms. The van der Waals surface area contributed by atoms with Crippen LogP contribution in [0.2, 0.25) is 0 Å². The van der Waals surface area contributed by atoms with Crippen molar-refractivity contribution in [3.63, 3.8) is 0 Å². The van der Waals surface area contributed by atoms with Crippen LogP contribution in [0.15, 0.2) is 35.3 Å². The SMILES string of the molecule is CCn1ncc2c(F)cc(-c3ccc(C(CC4CCC(=O)N4)C(C)C)c(=O)[nH]3)cc21. The Morgan fingerprint density at radius 2 is 2.07 bits per heavy atom. The maximum absolute atomic E-state index is 14.6. The number of carbonyl (C=O) groups excluding carboxylic acids is 1. The number of carbonyl (C=O) groups is 1. The van der Waals surface area contributed by atoms with Crippen molar-refractivity contribution >= 4 is 16.8 Å². The number of pyridine rings is 1. The maximum Gasteiger partial charge on any atom is 0.251 e. The summed E-state index contributed by atoms with van der Waals surface area (Å²) in [6.07, 6.45) is 3.62. The van der Waals surface area contributed by atoms with Gasteiger partial charge in [0.1, 0.15) is 5.82 Å². The summed E-state index contributed by atoms with van der Waals surface area (Å²) in [5.41, 5.74) is 2.43. The topological polar surface area (TPSA) is 79.8 Å². The number of nitrogens with zero attached hydrogens (tertiary/aromatic N) is 2. The molecular formula is C23H27FN4O2. The highest BCUT2D eigenvalue weighted by molar-refractivity contribution is 5.84. The first kappa shape index (κ1) is 20.3. The molecule has 158 valence electrons. The van der Waals surface area contributed by atoms with Crippen molar-refractivity contribution in [1.82, 2.24) is 20.1 Å². The summed E-state index contributed by atoms with van der Waals surface area (Å²) in [6, 6.07) is 7.08. The van der Waals surface area contributed by atoms with Gasteiger partial charge in [-0.25, -0.2) is 4.39 Å². The van der Waals surface area contributed by atoms with E-state index in [4.69, 9.17) is 0 Å². The fraction of sp³-hybridized carbons (Fsp3) is 0.435. The van der Waals surface area contributed by atoms with E-state index in [2.05, 4.69) is 29.2 Å². The lowest BCUT2D eigenvalue weighted by Gasteiger charge is -2.24. The smallest absolute Gasteiger partial charge is 0.251 e. The number of H-pyrrole nitrogens is 1. The van der Waals surface area contributed by atoms with Gasteiger partial charge in [-0.1, -0.05) is 19.9 Å². The quantitative estimate of drug-likeness (QED) is 0.646. The molecule has 2 N–H and O–H groups in total. The second-order valence-corrected chi connectivity index (χ2v) is 8.40. The van der Waals surface area contributed by atoms with Gasteiger partial charge in [0.15, 0.2) is 0 Å². The van der Waals surface area contributed by atoms with Gasteiger partial charge in [-0.3, -0.25) is 14.3 Å². The highest BCUT2D eigenvalue weighted by atomic mass is 19.1. The number of fused-ring (bicyclic) bond motifs is 1. The van der Waals surface area contributed by atoms with E-state index in [0.717, 1.165) is 12.8 Å². The van der Waals surface area contributed by atoms with Crippen molar-refractivity contribution in [2.45, 2.75) is 58.5 Å². The van der Waals surface area contributed by atoms with E-state index < -0.39 is 0 Å². The minimum Gasteiger partial charge on any atom is -0.353 e. The zero-order valence-corrected chi connectivity index (χ0v) is 17.5. The van der Waals surface area contributed by atoms with E-state index >= 15 is 0 Å². The van der Waals surface area contributed by atoms with Crippen LogP contribution in [0.25, 0.3) is 22.2 Å². The molecule has 1 aliphatic rings. The molecule has 0 bridgehead atoms. The first-order chi connectivity index (χ1) is 14.4. The Labute approximate surface area is 174 Å². The zero-order chi connectivity index (χ0) is 21.4. The van der Waals surface area contributed by atoms with Crippen molar-refractivity contribution in [3.05, 3.63) is 52.2 Å². The van der Waals surface area contributed by atoms with Crippen LogP contribution >= 0.6 is 0 Å². The molecule has 0 radical (unpaired) electrons. The fourth-order valence-electron chi connectivity index (χ4n) is 4.41. The average Bonchev–Trinajstić information content (AvgIpc) is 3.32. The van der Waals surface area contributed by atoms with Crippen LogP contribution in [0.5, 0.6) is 0 Å². The Kier molecular flexibility index (Phi) is 5.45. The zero-order valence-electron chi connectivity index (χ0n) is 17.5. The summed E-state index contributed by atoms with van der Waals surface area (Å²) < 4.78 is 16.3. The number of benzene rings is 1. The number of aromatic amines is 1. The highest BCUT2D eigenvalue weighted by Gasteiger charge is 2.28. The largest absolute Gasteiger partial charge is 0.353 e. The number of hydrogen-bond donors (Lipinski definition) is 2. The molecule has 1 fully saturated rings. The van der Waals surface area contributed by atoms with Gasteiger partial charge in [0.25, 0.3) is 5.56 Å². The van der Waals surface area contributed by atoms with Crippen LogP contribution in [0.4, 0.5) is 4.39 Å². The lowest BCUT2D eigenvalue weighted by atomic mass is 9.83. The molecule has 1 amide bonds. The van der Waals surface area contributed by atoms with Crippen LogP contribution in [-0.2, 0) is 11.3 Å². The summed E-state index contributed by atoms with van der Waals surface area (Å²) in [4.78, 5) is 27.4. The molecule has 0 spiro atoms. The third-order valence-electron chi connectivity index (χ3n) is 6.09. The van der Waals surface area contributed by atoms with E-state index in [0.29, 0.717) is 40.7 Å². The third-order valence-corrected chi connectivity index (χ3v) is 6.09. The van der Waals surface area contributed by atoms with Crippen molar-refractivity contribution in [3.8, 4) is 11.3 Å². The molecular weight excluding hydrogens is 383 g/mol. The summed E-state index contributed by atoms with van der Waals surface area (Å²) in [6.45, 7) is 6.76. The monoisotopic (exact) mass is 410 g/mol. The lowest BCUT2D eigenvalue weighted by molar-refractivity contribution is -0.119. The number of halogens is 1. The van der Waals surface area contributed by atoms with Crippen LogP contribution in [0.1, 0.15) is 51.5 Å². The van der Waals surface area contributed by atoms with Gasteiger partial charge >= 0.3 is 0 Å². The Morgan fingerprint density at radius 1 is 1.27 bits per heavy atom. The molecule has 3 aromatic rings. The second kappa shape index (κ2) is 8.05. The van der Waals surface area contributed by atoms with E-state index in [1.54, 1.807) is 4.68 Å². The second-order valence-electron chi connectivity index (χ2n) is 8.40. The Bertz CT molecular complexity index is 1150. The van der Waals surface area contributed by atoms with Crippen LogP contribution in [0.3, 0.4) is 0 Å². The molecule has 0 saturated carbocycles. The molecule has 0 aliphatic carbocycles. The first-order valence-electron chi connectivity index (χ1n) is 10.6. The molecule has 2 atom stereocenters. The minimum absolute atomic E-state index is 0.0342. The van der Waals surface area contributed by atoms with Gasteiger partial charge in [-0.05, 0) is 49.8 Å². The highest BCUT2D eigenvalue weighted by Crippen LogP contribution is 2.31. The van der Waals surface area contributed by atoms with Crippen LogP contribution in [-0.4, -0.2) is 26.7 Å². The van der Waals surface area contributed by atoms with Gasteiger partial charge in [0.2, 0.25) is 5.91 Å². The summed E-state index contributed by atoms with van der Waals surface area (Å²) in [5, 5.41) is 7.68. The molecule has 2 aromatic heterocycles. The molecule has 7 heteroatoms. The van der Waals surface area contributed by atoms with E-state index in [1.807, 2.05) is 25.1 Å². The molecule has 3 heterocycles. The molecule has 6 nitrogen and oxygen atoms in total. The summed E-state index contributed by atoms with van der Waals surface area (Å²) in [7, 11) is 0. The minimum atomic E-state index is -0.357. The van der Waals surface area contributed by atoms with Gasteiger partial charge in [0, 0.05) is 35.8 Å². The van der Waals surface area contributed by atoms with E-state index in [9.17, 15) is 14.0 Å². The summed E-state index contributed by atoms with van der Waals surface area (Å²) in [5.74, 6) is 0.00810. The van der Waals surface area contributed by atoms with Crippen LogP contribution in [0, 0.1) is 11.7 Å². The van der Waals surface area contributed by atoms with Gasteiger partial charge in [-0.15, -0.1) is 0 Å². The fourth-order valence-corrected chi connectivity index (χ4v) is 4.41. The first-order valence-corrected chi connectivity index (χ1v) is 10.6. The number of amides is 1. The summed E-state index contributed by atoms with van der Waals surface area (Å²) >= 11 is 0. The predicted molar refractivity (Wildman–Crippen MR) is 115 cm³/mol. The van der Waals surface area contributed by atoms with Gasteiger partial charge < -0.3 is 10.3 Å². The number of hydrogen-bond acceptors (Lipinski definition) is 3. The van der Waals surface area contributed by atoms with Crippen molar-refractivity contribution in [2.75, 3.05) is 0 Å². The molecule has 4 rings (SSSR count). The lowest BCUT2D eigenvalue weighted by Crippen LogP contribution is -2.30. The van der Waals surface area contributed by atoms with Crippen molar-refractivity contribution in [2.24, 2.45) is 5.92 Å². The Balaban J connectivity index is 1.68. The Morgan fingerprint density at radius 3 is 2.70 bits per heavy atom. The van der Waals surface area contributed by atoms with Crippen molar-refractivity contribution < 1.29 is 9.18 Å². The standard InChI is InChI=1S/C23H27FN4O2/c1-4-28-21-10-14(9-19(24)18(21)12-25-28)20-7-6-16(23(30)27-20)17(13(2)3)11-15-5-8-22(29)26-15/h6-7,9-10,12-13,15,17H,4-5,8,11H2,1-3H3,(H,26,29)(H,27,30). The number of aromatic nitrogens is 3. The van der Waals surface area contributed by atoms with Crippen molar-refractivity contribution in [1.29, 1.82) is 0 Å². The molecule has 1 saturated heterocycles. The van der Waals surface area contributed by atoms with Gasteiger partial charge in [0.05, 0.1) is 17.1 Å². The predicted octanol–water partition coefficient (Wildman–Crippen LogP) is 3.96. The average molecular weight is 410 g/mol. The van der Waals surface area contributed by atoms with E-state index in [1.165, 1.54) is 12.3 Å². The third kappa shape index (κ3) is 3.76. The Hall–Kier alpha value is -2.96. The van der Waals surface area contributed by atoms with Crippen LogP contribution < -0.4 is 10.9 Å². The van der Waals surface area contributed by atoms with Gasteiger partial charge in [-0.2, -0.15) is 5.10 Å². The molecule has 2 unspecified atom stereocenters. The maximum atomic E-state index is 14.6. The number of nitrogens with one attached hydrogen (secondary N) is 2. The number of rotatable bonds is 6. The molecule has 1 aromatic carbocycles.